The smallest absolute Gasteiger partial charge is 0.273 e. The molecule has 1 atom stereocenters. The lowest BCUT2D eigenvalue weighted by Gasteiger charge is -2.23. The highest BCUT2D eigenvalue weighted by atomic mass is 79.9. The third kappa shape index (κ3) is 2.10. The van der Waals surface area contributed by atoms with Crippen molar-refractivity contribution in [2.45, 2.75) is 18.9 Å². The molecule has 0 saturated carbocycles. The minimum absolute atomic E-state index is 0.0274. The van der Waals surface area contributed by atoms with E-state index in [1.807, 2.05) is 11.0 Å². The highest BCUT2D eigenvalue weighted by Crippen LogP contribution is 2.22. The van der Waals surface area contributed by atoms with E-state index in [1.165, 1.54) is 0 Å². The highest BCUT2D eigenvalue weighted by molar-refractivity contribution is 9.10. The second-order valence-electron chi connectivity index (χ2n) is 3.86. The van der Waals surface area contributed by atoms with Crippen molar-refractivity contribution in [3.8, 4) is 0 Å². The van der Waals surface area contributed by atoms with Crippen molar-refractivity contribution in [1.82, 2.24) is 9.88 Å². The molecule has 86 valence electrons. The molecule has 2 rings (SSSR count). The van der Waals surface area contributed by atoms with Gasteiger partial charge in [-0.2, -0.15) is 0 Å². The van der Waals surface area contributed by atoms with Crippen molar-refractivity contribution >= 4 is 21.8 Å². The largest absolute Gasteiger partial charge is 0.333 e. The van der Waals surface area contributed by atoms with Crippen LogP contribution in [0.4, 0.5) is 0 Å². The summed E-state index contributed by atoms with van der Waals surface area (Å²) in [5.74, 6) is -0.0274. The van der Waals surface area contributed by atoms with Crippen molar-refractivity contribution in [3.63, 3.8) is 0 Å². The van der Waals surface area contributed by atoms with Gasteiger partial charge in [0.15, 0.2) is 0 Å². The highest BCUT2D eigenvalue weighted by Gasteiger charge is 2.29. The number of nitrogens with zero attached hydrogens (tertiary/aromatic N) is 2. The van der Waals surface area contributed by atoms with E-state index in [9.17, 15) is 4.79 Å². The summed E-state index contributed by atoms with van der Waals surface area (Å²) in [6.45, 7) is 1.31. The minimum atomic E-state index is -0.0274. The predicted octanol–water partition coefficient (Wildman–Crippen LogP) is 1.41. The Bertz CT molecular complexity index is 397. The summed E-state index contributed by atoms with van der Waals surface area (Å²) in [6.07, 6.45) is 3.65. The van der Waals surface area contributed by atoms with Crippen molar-refractivity contribution in [3.05, 3.63) is 28.5 Å². The van der Waals surface area contributed by atoms with Crippen LogP contribution in [0.15, 0.2) is 22.8 Å². The summed E-state index contributed by atoms with van der Waals surface area (Å²) in [7, 11) is 0. The Morgan fingerprint density at radius 1 is 1.69 bits per heavy atom. The van der Waals surface area contributed by atoms with Gasteiger partial charge in [0.2, 0.25) is 0 Å². The zero-order valence-electron chi connectivity index (χ0n) is 8.90. The zero-order valence-corrected chi connectivity index (χ0v) is 10.5. The number of hydrogen-bond donors (Lipinski definition) is 1. The maximum absolute atomic E-state index is 12.2. The summed E-state index contributed by atoms with van der Waals surface area (Å²) in [4.78, 5) is 18.2. The van der Waals surface area contributed by atoms with Gasteiger partial charge < -0.3 is 10.6 Å². The van der Waals surface area contributed by atoms with Crippen LogP contribution in [0.3, 0.4) is 0 Å². The van der Waals surface area contributed by atoms with Crippen molar-refractivity contribution < 1.29 is 4.79 Å². The van der Waals surface area contributed by atoms with E-state index in [-0.39, 0.29) is 11.9 Å². The van der Waals surface area contributed by atoms with Gasteiger partial charge in [-0.05, 0) is 40.9 Å². The van der Waals surface area contributed by atoms with Crippen molar-refractivity contribution in [2.24, 2.45) is 5.73 Å². The number of carbonyl (C=O) groups is 1. The predicted molar refractivity (Wildman–Crippen MR) is 65.0 cm³/mol. The molecule has 1 aromatic heterocycles. The first-order valence-electron chi connectivity index (χ1n) is 5.35. The van der Waals surface area contributed by atoms with Gasteiger partial charge in [-0.25, -0.2) is 4.98 Å². The van der Waals surface area contributed by atoms with Crippen LogP contribution in [0.25, 0.3) is 0 Å². The SMILES string of the molecule is NCC1CCCN1C(=O)c1ncccc1Br. The molecule has 4 nitrogen and oxygen atoms in total. The average molecular weight is 284 g/mol. The second-order valence-corrected chi connectivity index (χ2v) is 4.72. The third-order valence-corrected chi connectivity index (χ3v) is 3.51. The van der Waals surface area contributed by atoms with E-state index in [2.05, 4.69) is 20.9 Å². The number of aromatic nitrogens is 1. The van der Waals surface area contributed by atoms with Gasteiger partial charge in [0, 0.05) is 29.8 Å². The van der Waals surface area contributed by atoms with Crippen LogP contribution in [0.5, 0.6) is 0 Å². The number of nitrogens with two attached hydrogens (primary N) is 1. The Kier molecular flexibility index (Phi) is 3.56. The van der Waals surface area contributed by atoms with Gasteiger partial charge in [0.05, 0.1) is 0 Å². The first-order chi connectivity index (χ1) is 7.74. The quantitative estimate of drug-likeness (QED) is 0.893. The molecule has 0 radical (unpaired) electrons. The third-order valence-electron chi connectivity index (χ3n) is 2.87. The van der Waals surface area contributed by atoms with Crippen LogP contribution in [0, 0.1) is 0 Å². The summed E-state index contributed by atoms with van der Waals surface area (Å²) in [6, 6.07) is 3.79. The van der Waals surface area contributed by atoms with Crippen molar-refractivity contribution in [2.75, 3.05) is 13.1 Å². The molecular formula is C11H14BrN3O. The molecule has 16 heavy (non-hydrogen) atoms. The van der Waals surface area contributed by atoms with Gasteiger partial charge in [0.1, 0.15) is 5.69 Å². The lowest BCUT2D eigenvalue weighted by molar-refractivity contribution is 0.0734. The van der Waals surface area contributed by atoms with E-state index in [4.69, 9.17) is 5.73 Å². The molecule has 1 unspecified atom stereocenters. The van der Waals surface area contributed by atoms with Crippen LogP contribution in [-0.4, -0.2) is 34.9 Å². The van der Waals surface area contributed by atoms with E-state index >= 15 is 0 Å². The summed E-state index contributed by atoms with van der Waals surface area (Å²) in [5.41, 5.74) is 6.13. The molecule has 1 saturated heterocycles. The normalized spacial score (nSPS) is 20.1. The Morgan fingerprint density at radius 2 is 2.50 bits per heavy atom. The maximum atomic E-state index is 12.2. The molecule has 0 aliphatic carbocycles. The first-order valence-corrected chi connectivity index (χ1v) is 6.15. The van der Waals surface area contributed by atoms with Gasteiger partial charge in [0.25, 0.3) is 5.91 Å². The summed E-state index contributed by atoms with van der Waals surface area (Å²) < 4.78 is 0.739. The number of hydrogen-bond acceptors (Lipinski definition) is 3. The number of likely N-dealkylation sites (tertiary alicyclic amines) is 1. The topological polar surface area (TPSA) is 59.2 Å². The first kappa shape index (κ1) is 11.5. The minimum Gasteiger partial charge on any atom is -0.333 e. The van der Waals surface area contributed by atoms with Crippen LogP contribution in [0.2, 0.25) is 0 Å². The van der Waals surface area contributed by atoms with Gasteiger partial charge in [-0.1, -0.05) is 0 Å². The second kappa shape index (κ2) is 4.93. The van der Waals surface area contributed by atoms with Crippen LogP contribution in [-0.2, 0) is 0 Å². The lowest BCUT2D eigenvalue weighted by atomic mass is 10.2. The zero-order chi connectivity index (χ0) is 11.5. The van der Waals surface area contributed by atoms with E-state index in [1.54, 1.807) is 12.3 Å². The molecule has 1 fully saturated rings. The number of amides is 1. The number of carbonyl (C=O) groups excluding carboxylic acids is 1. The van der Waals surface area contributed by atoms with Gasteiger partial charge in [-0.3, -0.25) is 4.79 Å². The van der Waals surface area contributed by atoms with Crippen LogP contribution >= 0.6 is 15.9 Å². The molecule has 1 aromatic rings. The summed E-state index contributed by atoms with van der Waals surface area (Å²) >= 11 is 3.34. The molecule has 0 spiro atoms. The maximum Gasteiger partial charge on any atom is 0.273 e. The molecule has 1 amide bonds. The molecule has 0 bridgehead atoms. The Labute approximate surface area is 103 Å². The monoisotopic (exact) mass is 283 g/mol. The molecule has 2 heterocycles. The Morgan fingerprint density at radius 3 is 3.19 bits per heavy atom. The fourth-order valence-corrected chi connectivity index (χ4v) is 2.45. The fourth-order valence-electron chi connectivity index (χ4n) is 2.03. The van der Waals surface area contributed by atoms with Crippen LogP contribution < -0.4 is 5.73 Å². The molecule has 1 aliphatic heterocycles. The van der Waals surface area contributed by atoms with E-state index in [0.717, 1.165) is 23.9 Å². The number of pyridine rings is 1. The fraction of sp³-hybridized carbons (Fsp3) is 0.455. The standard InChI is InChI=1S/C11H14BrN3O/c12-9-4-1-5-14-10(9)11(16)15-6-2-3-8(15)7-13/h1,4-5,8H,2-3,6-7,13H2. The number of rotatable bonds is 2. The Hall–Kier alpha value is -0.940. The molecule has 2 N–H and O–H groups in total. The molecule has 0 aromatic carbocycles. The molecular weight excluding hydrogens is 270 g/mol. The van der Waals surface area contributed by atoms with E-state index in [0.29, 0.717) is 12.2 Å². The van der Waals surface area contributed by atoms with Crippen LogP contribution in [0.1, 0.15) is 23.3 Å². The van der Waals surface area contributed by atoms with Gasteiger partial charge in [-0.15, -0.1) is 0 Å². The molecule has 1 aliphatic rings. The van der Waals surface area contributed by atoms with E-state index < -0.39 is 0 Å². The Balaban J connectivity index is 2.22. The van der Waals surface area contributed by atoms with Crippen molar-refractivity contribution in [1.29, 1.82) is 0 Å². The average Bonchev–Trinajstić information content (AvgIpc) is 2.77. The molecule has 5 heteroatoms. The number of halogens is 1. The lowest BCUT2D eigenvalue weighted by Crippen LogP contribution is -2.40. The summed E-state index contributed by atoms with van der Waals surface area (Å²) in [5, 5.41) is 0. The van der Waals surface area contributed by atoms with Gasteiger partial charge >= 0.3 is 0 Å².